The Bertz CT molecular complexity index is 764. The summed E-state index contributed by atoms with van der Waals surface area (Å²) in [5.74, 6) is 0.871. The quantitative estimate of drug-likeness (QED) is 0.280. The van der Waals surface area contributed by atoms with Gasteiger partial charge in [-0.2, -0.15) is 0 Å². The molecule has 1 aromatic rings. The van der Waals surface area contributed by atoms with E-state index in [1.807, 2.05) is 6.92 Å². The van der Waals surface area contributed by atoms with Crippen molar-refractivity contribution in [2.24, 2.45) is 4.99 Å². The van der Waals surface area contributed by atoms with Crippen molar-refractivity contribution >= 4 is 39.8 Å². The third-order valence-corrected chi connectivity index (χ3v) is 6.69. The third kappa shape index (κ3) is 9.96. The highest BCUT2D eigenvalue weighted by Gasteiger charge is 2.19. The lowest BCUT2D eigenvalue weighted by molar-refractivity contribution is 0.184. The first kappa shape index (κ1) is 27.2. The summed E-state index contributed by atoms with van der Waals surface area (Å²) < 4.78 is 22.7. The number of guanidine groups is 1. The van der Waals surface area contributed by atoms with Gasteiger partial charge in [0.15, 0.2) is 5.96 Å². The predicted molar refractivity (Wildman–Crippen MR) is 137 cm³/mol. The second-order valence-electron chi connectivity index (χ2n) is 8.37. The molecule has 1 saturated carbocycles. The molecular weight excluding hydrogens is 511 g/mol. The number of hydrogen-bond donors (Lipinski definition) is 2. The smallest absolute Gasteiger partial charge is 0.191 e. The lowest BCUT2D eigenvalue weighted by atomic mass is 9.94. The molecular formula is C22H39IN4O2S. The summed E-state index contributed by atoms with van der Waals surface area (Å²) in [6, 6.07) is 9.27. The molecule has 2 N–H and O–H groups in total. The topological polar surface area (TPSA) is 73.8 Å². The molecule has 1 atom stereocenters. The van der Waals surface area contributed by atoms with E-state index in [1.54, 1.807) is 7.05 Å². The number of aliphatic imine (C=N–C) groups is 1. The van der Waals surface area contributed by atoms with E-state index in [2.05, 4.69) is 51.8 Å². The number of halogens is 1. The van der Waals surface area contributed by atoms with E-state index in [9.17, 15) is 8.42 Å². The first-order chi connectivity index (χ1) is 13.8. The Morgan fingerprint density at radius 1 is 1.20 bits per heavy atom. The molecule has 0 aliphatic heterocycles. The fraction of sp³-hybridized carbons (Fsp3) is 0.682. The number of benzene rings is 1. The van der Waals surface area contributed by atoms with Gasteiger partial charge in [0.1, 0.15) is 9.84 Å². The predicted octanol–water partition coefficient (Wildman–Crippen LogP) is 3.56. The summed E-state index contributed by atoms with van der Waals surface area (Å²) in [6.07, 6.45) is 8.50. The van der Waals surface area contributed by atoms with Gasteiger partial charge in [0.25, 0.3) is 0 Å². The molecule has 1 aromatic carbocycles. The first-order valence-corrected chi connectivity index (χ1v) is 12.8. The normalized spacial score (nSPS) is 16.8. The van der Waals surface area contributed by atoms with Crippen LogP contribution in [0.25, 0.3) is 0 Å². The minimum absolute atomic E-state index is 0. The van der Waals surface area contributed by atoms with Crippen LogP contribution < -0.4 is 10.6 Å². The molecule has 0 radical (unpaired) electrons. The van der Waals surface area contributed by atoms with Gasteiger partial charge < -0.3 is 10.6 Å². The van der Waals surface area contributed by atoms with Crippen LogP contribution >= 0.6 is 24.0 Å². The SMILES string of the molecule is CN=C(NCc1ccccc1CN(C)C1CCCCC1)NC(C)CCS(C)(=O)=O.I. The molecule has 0 bridgehead atoms. The van der Waals surface area contributed by atoms with Crippen molar-refractivity contribution in [1.82, 2.24) is 15.5 Å². The van der Waals surface area contributed by atoms with E-state index >= 15 is 0 Å². The fourth-order valence-electron chi connectivity index (χ4n) is 3.87. The number of nitrogens with zero attached hydrogens (tertiary/aromatic N) is 2. The Balaban J connectivity index is 0.00000450. The van der Waals surface area contributed by atoms with Crippen molar-refractivity contribution in [2.45, 2.75) is 70.6 Å². The summed E-state index contributed by atoms with van der Waals surface area (Å²) in [6.45, 7) is 3.62. The zero-order valence-corrected chi connectivity index (χ0v) is 22.0. The van der Waals surface area contributed by atoms with Gasteiger partial charge in [0.2, 0.25) is 0 Å². The van der Waals surface area contributed by atoms with Crippen LogP contribution in [-0.2, 0) is 22.9 Å². The highest BCUT2D eigenvalue weighted by molar-refractivity contribution is 14.0. The van der Waals surface area contributed by atoms with Crippen molar-refractivity contribution in [3.8, 4) is 0 Å². The van der Waals surface area contributed by atoms with Gasteiger partial charge in [-0.05, 0) is 44.4 Å². The summed E-state index contributed by atoms with van der Waals surface area (Å²) >= 11 is 0. The Morgan fingerprint density at radius 2 is 1.83 bits per heavy atom. The molecule has 8 heteroatoms. The van der Waals surface area contributed by atoms with Gasteiger partial charge >= 0.3 is 0 Å². The molecule has 1 aliphatic carbocycles. The maximum Gasteiger partial charge on any atom is 0.191 e. The lowest BCUT2D eigenvalue weighted by Gasteiger charge is -2.31. The average molecular weight is 551 g/mol. The number of hydrogen-bond acceptors (Lipinski definition) is 4. The monoisotopic (exact) mass is 550 g/mol. The second kappa shape index (κ2) is 13.5. The van der Waals surface area contributed by atoms with Crippen LogP contribution in [0.15, 0.2) is 29.3 Å². The molecule has 2 rings (SSSR count). The van der Waals surface area contributed by atoms with E-state index in [0.29, 0.717) is 25.0 Å². The van der Waals surface area contributed by atoms with Gasteiger partial charge in [-0.1, -0.05) is 43.5 Å². The van der Waals surface area contributed by atoms with Crippen LogP contribution in [0.3, 0.4) is 0 Å². The largest absolute Gasteiger partial charge is 0.354 e. The highest BCUT2D eigenvalue weighted by atomic mass is 127. The molecule has 0 saturated heterocycles. The van der Waals surface area contributed by atoms with E-state index in [1.165, 1.54) is 49.5 Å². The second-order valence-corrected chi connectivity index (χ2v) is 10.6. The van der Waals surface area contributed by atoms with Gasteiger partial charge in [-0.25, -0.2) is 8.42 Å². The Labute approximate surface area is 200 Å². The van der Waals surface area contributed by atoms with Crippen LogP contribution in [0, 0.1) is 0 Å². The van der Waals surface area contributed by atoms with Crippen molar-refractivity contribution in [2.75, 3.05) is 26.1 Å². The molecule has 0 spiro atoms. The zero-order valence-electron chi connectivity index (χ0n) is 18.9. The van der Waals surface area contributed by atoms with Crippen LogP contribution in [0.1, 0.15) is 56.6 Å². The zero-order chi connectivity index (χ0) is 21.3. The maximum absolute atomic E-state index is 11.4. The van der Waals surface area contributed by atoms with E-state index in [0.717, 1.165) is 6.54 Å². The van der Waals surface area contributed by atoms with Crippen molar-refractivity contribution in [3.05, 3.63) is 35.4 Å². The van der Waals surface area contributed by atoms with E-state index in [4.69, 9.17) is 0 Å². The van der Waals surface area contributed by atoms with Crippen LogP contribution in [-0.4, -0.2) is 57.5 Å². The highest BCUT2D eigenvalue weighted by Crippen LogP contribution is 2.23. The third-order valence-electron chi connectivity index (χ3n) is 5.71. The number of nitrogens with one attached hydrogen (secondary N) is 2. The molecule has 0 aromatic heterocycles. The fourth-order valence-corrected chi connectivity index (χ4v) is 4.66. The summed E-state index contributed by atoms with van der Waals surface area (Å²) in [7, 11) is 1.03. The van der Waals surface area contributed by atoms with Crippen molar-refractivity contribution < 1.29 is 8.42 Å². The van der Waals surface area contributed by atoms with Crippen molar-refractivity contribution in [1.29, 1.82) is 0 Å². The molecule has 0 amide bonds. The Hall–Kier alpha value is -0.870. The van der Waals surface area contributed by atoms with Gasteiger partial charge in [-0.3, -0.25) is 9.89 Å². The van der Waals surface area contributed by atoms with Crippen molar-refractivity contribution in [3.63, 3.8) is 0 Å². The first-order valence-electron chi connectivity index (χ1n) is 10.7. The van der Waals surface area contributed by atoms with Crippen LogP contribution in [0.5, 0.6) is 0 Å². The van der Waals surface area contributed by atoms with E-state index in [-0.39, 0.29) is 35.8 Å². The summed E-state index contributed by atoms with van der Waals surface area (Å²) in [5, 5.41) is 6.66. The Morgan fingerprint density at radius 3 is 2.43 bits per heavy atom. The number of sulfone groups is 1. The minimum atomic E-state index is -2.95. The molecule has 30 heavy (non-hydrogen) atoms. The minimum Gasteiger partial charge on any atom is -0.354 e. The van der Waals surface area contributed by atoms with Gasteiger partial charge in [-0.15, -0.1) is 24.0 Å². The van der Waals surface area contributed by atoms with Crippen LogP contribution in [0.2, 0.25) is 0 Å². The summed E-state index contributed by atoms with van der Waals surface area (Å²) in [4.78, 5) is 6.78. The Kier molecular flexibility index (Phi) is 12.2. The maximum atomic E-state index is 11.4. The molecule has 1 fully saturated rings. The van der Waals surface area contributed by atoms with Gasteiger partial charge in [0.05, 0.1) is 5.75 Å². The van der Waals surface area contributed by atoms with Crippen LogP contribution in [0.4, 0.5) is 0 Å². The summed E-state index contributed by atoms with van der Waals surface area (Å²) in [5.41, 5.74) is 2.61. The molecule has 1 aliphatic rings. The molecule has 172 valence electrons. The molecule has 6 nitrogen and oxygen atoms in total. The standard InChI is InChI=1S/C22H38N4O2S.HI/c1-18(14-15-29(4,27)28)25-22(23-2)24-16-19-10-8-9-11-20(19)17-26(3)21-12-6-5-7-13-21;/h8-11,18,21H,5-7,12-17H2,1-4H3,(H2,23,24,25);1H. The average Bonchev–Trinajstić information content (AvgIpc) is 2.70. The number of rotatable bonds is 9. The molecule has 0 heterocycles. The lowest BCUT2D eigenvalue weighted by Crippen LogP contribution is -2.42. The molecule has 1 unspecified atom stereocenters. The van der Waals surface area contributed by atoms with E-state index < -0.39 is 9.84 Å². The van der Waals surface area contributed by atoms with Gasteiger partial charge in [0, 0.05) is 38.5 Å².